The molecule has 3 rings (SSSR count). The van der Waals surface area contributed by atoms with Crippen LogP contribution in [0, 0.1) is 11.2 Å². The Kier molecular flexibility index (Phi) is 7.12. The van der Waals surface area contributed by atoms with Gasteiger partial charge in [-0.15, -0.1) is 0 Å². The zero-order valence-corrected chi connectivity index (χ0v) is 17.3. The molecule has 1 saturated heterocycles. The standard InChI is InChI=1S/C17H25FN2OS.C2HF3O2/c1-16(2,3)22(21)20-15-14-5-4-13(18)10-12(14)11-17(15)6-8-19-9-7-17;3-2(4,5)1(6)7/h4-5,10,15,19-20H,6-9,11H2,1-3H3;(H,6,7)/t15-,22-;/m1./s1. The minimum absolute atomic E-state index is 0.0465. The first-order valence-electron chi connectivity index (χ1n) is 9.23. The van der Waals surface area contributed by atoms with E-state index in [-0.39, 0.29) is 22.0 Å². The Bertz CT molecular complexity index is 772. The Morgan fingerprint density at radius 2 is 1.79 bits per heavy atom. The summed E-state index contributed by atoms with van der Waals surface area (Å²) in [6, 6.07) is 5.10. The number of carbonyl (C=O) groups is 1. The van der Waals surface area contributed by atoms with Crippen molar-refractivity contribution in [3.8, 4) is 0 Å². The summed E-state index contributed by atoms with van der Waals surface area (Å²) in [6.07, 6.45) is -2.15. The molecule has 0 aromatic heterocycles. The fourth-order valence-corrected chi connectivity index (χ4v) is 4.63. The second-order valence-corrected chi connectivity index (χ2v) is 10.4. The summed E-state index contributed by atoms with van der Waals surface area (Å²) in [5.74, 6) is -2.94. The van der Waals surface area contributed by atoms with Crippen molar-refractivity contribution in [2.75, 3.05) is 13.1 Å². The van der Waals surface area contributed by atoms with Crippen LogP contribution in [0.25, 0.3) is 0 Å². The van der Waals surface area contributed by atoms with E-state index in [4.69, 9.17) is 9.90 Å². The SMILES string of the molecule is CC(C)(C)[S@@](=O)N[C@@H]1c2ccc(F)cc2CC12CCNCC2.O=C(O)C(F)(F)F. The van der Waals surface area contributed by atoms with Crippen LogP contribution in [0.5, 0.6) is 0 Å². The van der Waals surface area contributed by atoms with Crippen LogP contribution >= 0.6 is 0 Å². The number of hydrogen-bond acceptors (Lipinski definition) is 3. The minimum Gasteiger partial charge on any atom is -0.475 e. The topological polar surface area (TPSA) is 78.4 Å². The van der Waals surface area contributed by atoms with Crippen LogP contribution in [0.3, 0.4) is 0 Å². The van der Waals surface area contributed by atoms with Crippen molar-refractivity contribution in [3.05, 3.63) is 35.1 Å². The summed E-state index contributed by atoms with van der Waals surface area (Å²) in [6.45, 7) is 7.87. The van der Waals surface area contributed by atoms with E-state index in [1.165, 1.54) is 6.07 Å². The van der Waals surface area contributed by atoms with Crippen LogP contribution in [0.15, 0.2) is 18.2 Å². The van der Waals surface area contributed by atoms with Gasteiger partial charge in [0.15, 0.2) is 0 Å². The molecule has 5 nitrogen and oxygen atoms in total. The van der Waals surface area contributed by atoms with Crippen molar-refractivity contribution in [2.24, 2.45) is 5.41 Å². The number of benzene rings is 1. The van der Waals surface area contributed by atoms with Crippen LogP contribution in [0.2, 0.25) is 0 Å². The van der Waals surface area contributed by atoms with E-state index < -0.39 is 23.1 Å². The van der Waals surface area contributed by atoms with Gasteiger partial charge >= 0.3 is 12.1 Å². The predicted molar refractivity (Wildman–Crippen MR) is 102 cm³/mol. The highest BCUT2D eigenvalue weighted by Gasteiger charge is 2.47. The number of fused-ring (bicyclic) bond motifs is 1. The number of aliphatic carboxylic acids is 1. The zero-order chi connectivity index (χ0) is 22.0. The van der Waals surface area contributed by atoms with Gasteiger partial charge in [-0.05, 0) is 81.8 Å². The molecule has 0 radical (unpaired) electrons. The third-order valence-corrected chi connectivity index (χ3v) is 6.76. The van der Waals surface area contributed by atoms with Gasteiger partial charge in [-0.2, -0.15) is 13.2 Å². The van der Waals surface area contributed by atoms with E-state index in [9.17, 15) is 21.8 Å². The van der Waals surface area contributed by atoms with Gasteiger partial charge in [0, 0.05) is 0 Å². The first kappa shape index (κ1) is 23.8. The van der Waals surface area contributed by atoms with E-state index in [2.05, 4.69) is 10.0 Å². The quantitative estimate of drug-likeness (QED) is 0.618. The van der Waals surface area contributed by atoms with E-state index in [0.29, 0.717) is 0 Å². The Balaban J connectivity index is 0.000000370. The predicted octanol–water partition coefficient (Wildman–Crippen LogP) is 3.48. The van der Waals surface area contributed by atoms with Crippen LogP contribution in [-0.2, 0) is 22.2 Å². The number of carboxylic acids is 1. The molecule has 0 bridgehead atoms. The molecule has 10 heteroatoms. The lowest BCUT2D eigenvalue weighted by Crippen LogP contribution is -2.46. The highest BCUT2D eigenvalue weighted by atomic mass is 32.2. The molecular formula is C19H26F4N2O3S. The van der Waals surface area contributed by atoms with Crippen molar-refractivity contribution in [1.29, 1.82) is 0 Å². The molecule has 0 amide bonds. The number of alkyl halides is 3. The maximum absolute atomic E-state index is 13.6. The summed E-state index contributed by atoms with van der Waals surface area (Å²) < 4.78 is 61.0. The molecule has 29 heavy (non-hydrogen) atoms. The molecule has 1 aromatic rings. The van der Waals surface area contributed by atoms with Crippen molar-refractivity contribution in [2.45, 2.75) is 57.0 Å². The zero-order valence-electron chi connectivity index (χ0n) is 16.5. The summed E-state index contributed by atoms with van der Waals surface area (Å²) in [7, 11) is -1.13. The fourth-order valence-electron chi connectivity index (χ4n) is 3.68. The first-order valence-corrected chi connectivity index (χ1v) is 10.4. The smallest absolute Gasteiger partial charge is 0.475 e. The van der Waals surface area contributed by atoms with E-state index in [1.807, 2.05) is 26.8 Å². The average molecular weight is 438 g/mol. The van der Waals surface area contributed by atoms with Gasteiger partial charge < -0.3 is 10.4 Å². The molecule has 3 N–H and O–H groups in total. The maximum Gasteiger partial charge on any atom is 0.490 e. The molecule has 1 aromatic carbocycles. The van der Waals surface area contributed by atoms with E-state index in [1.54, 1.807) is 6.07 Å². The molecule has 1 fully saturated rings. The highest BCUT2D eigenvalue weighted by molar-refractivity contribution is 7.84. The van der Waals surface area contributed by atoms with Gasteiger partial charge in [-0.1, -0.05) is 6.07 Å². The number of piperidine rings is 1. The summed E-state index contributed by atoms with van der Waals surface area (Å²) in [5, 5.41) is 10.5. The van der Waals surface area contributed by atoms with Gasteiger partial charge in [-0.25, -0.2) is 18.1 Å². The molecule has 2 atom stereocenters. The highest BCUT2D eigenvalue weighted by Crippen LogP contribution is 2.51. The Morgan fingerprint density at radius 1 is 1.24 bits per heavy atom. The third-order valence-electron chi connectivity index (χ3n) is 5.19. The second kappa shape index (κ2) is 8.69. The lowest BCUT2D eigenvalue weighted by atomic mass is 9.73. The Morgan fingerprint density at radius 3 is 2.28 bits per heavy atom. The van der Waals surface area contributed by atoms with E-state index in [0.717, 1.165) is 43.5 Å². The minimum atomic E-state index is -5.08. The van der Waals surface area contributed by atoms with Gasteiger partial charge in [0.2, 0.25) is 0 Å². The second-order valence-electron chi connectivity index (χ2n) is 8.37. The molecule has 1 spiro atoms. The molecule has 1 heterocycles. The number of carboxylic acid groups (broad SMARTS) is 1. The number of halogens is 4. The summed E-state index contributed by atoms with van der Waals surface area (Å²) in [5.41, 5.74) is 2.26. The first-order chi connectivity index (χ1) is 13.3. The van der Waals surface area contributed by atoms with Crippen molar-refractivity contribution >= 4 is 17.0 Å². The summed E-state index contributed by atoms with van der Waals surface area (Å²) in [4.78, 5) is 8.90. The van der Waals surface area contributed by atoms with Crippen molar-refractivity contribution in [1.82, 2.24) is 10.0 Å². The molecule has 1 aliphatic heterocycles. The van der Waals surface area contributed by atoms with Crippen molar-refractivity contribution in [3.63, 3.8) is 0 Å². The number of nitrogens with one attached hydrogen (secondary N) is 2. The Labute approximate surface area is 169 Å². The van der Waals surface area contributed by atoms with Crippen LogP contribution < -0.4 is 10.0 Å². The molecule has 1 aliphatic carbocycles. The van der Waals surface area contributed by atoms with Gasteiger partial charge in [-0.3, -0.25) is 0 Å². The number of rotatable bonds is 2. The molecule has 0 saturated carbocycles. The van der Waals surface area contributed by atoms with Crippen molar-refractivity contribution < 1.29 is 31.7 Å². The molecule has 2 aliphatic rings. The van der Waals surface area contributed by atoms with Gasteiger partial charge in [0.05, 0.1) is 21.8 Å². The Hall–Kier alpha value is -1.52. The molecule has 0 unspecified atom stereocenters. The normalized spacial score (nSPS) is 21.8. The monoisotopic (exact) mass is 438 g/mol. The summed E-state index contributed by atoms with van der Waals surface area (Å²) >= 11 is 0. The average Bonchev–Trinajstić information content (AvgIpc) is 2.86. The van der Waals surface area contributed by atoms with Gasteiger partial charge in [0.1, 0.15) is 5.82 Å². The lowest BCUT2D eigenvalue weighted by molar-refractivity contribution is -0.192. The number of hydrogen-bond donors (Lipinski definition) is 3. The van der Waals surface area contributed by atoms with Crippen LogP contribution in [0.1, 0.15) is 50.8 Å². The molecular weight excluding hydrogens is 412 g/mol. The maximum atomic E-state index is 13.6. The van der Waals surface area contributed by atoms with Crippen LogP contribution in [-0.4, -0.2) is 39.3 Å². The lowest BCUT2D eigenvalue weighted by Gasteiger charge is -2.40. The van der Waals surface area contributed by atoms with E-state index >= 15 is 0 Å². The largest absolute Gasteiger partial charge is 0.490 e. The fraction of sp³-hybridized carbons (Fsp3) is 0.632. The third kappa shape index (κ3) is 5.76. The molecule has 164 valence electrons. The van der Waals surface area contributed by atoms with Gasteiger partial charge in [0.25, 0.3) is 0 Å². The van der Waals surface area contributed by atoms with Crippen LogP contribution in [0.4, 0.5) is 17.6 Å².